The van der Waals surface area contributed by atoms with E-state index in [1.165, 1.54) is 0 Å². The molecule has 2 amide bonds. The fraction of sp³-hybridized carbons (Fsp3) is 0.786. The molecule has 0 aromatic heterocycles. The molecule has 0 radical (unpaired) electrons. The van der Waals surface area contributed by atoms with Crippen molar-refractivity contribution in [3.05, 3.63) is 0 Å². The van der Waals surface area contributed by atoms with E-state index in [-0.39, 0.29) is 13.2 Å². The van der Waals surface area contributed by atoms with Crippen molar-refractivity contribution >= 4 is 18.0 Å². The molecule has 4 N–H and O–H groups in total. The monoisotopic (exact) mass is 317 g/mol. The third-order valence-electron chi connectivity index (χ3n) is 2.42. The molecule has 8 nitrogen and oxygen atoms in total. The molecule has 0 fully saturated rings. The SMILES string of the molecule is CCOC(=O)CNC(=O)C(CCCN)NC(=O)OC(C)(C)C. The van der Waals surface area contributed by atoms with Crippen LogP contribution in [-0.2, 0) is 19.1 Å². The average Bonchev–Trinajstić information content (AvgIpc) is 2.39. The van der Waals surface area contributed by atoms with Crippen LogP contribution in [0, 0.1) is 0 Å². The summed E-state index contributed by atoms with van der Waals surface area (Å²) in [6.45, 7) is 7.22. The van der Waals surface area contributed by atoms with Gasteiger partial charge < -0.3 is 25.8 Å². The lowest BCUT2D eigenvalue weighted by Gasteiger charge is -2.23. The van der Waals surface area contributed by atoms with E-state index in [9.17, 15) is 14.4 Å². The van der Waals surface area contributed by atoms with Gasteiger partial charge in [-0.3, -0.25) is 9.59 Å². The lowest BCUT2D eigenvalue weighted by Crippen LogP contribution is -2.49. The Morgan fingerprint density at radius 2 is 1.86 bits per heavy atom. The molecule has 0 aliphatic rings. The zero-order valence-corrected chi connectivity index (χ0v) is 13.7. The number of hydrogen-bond acceptors (Lipinski definition) is 6. The van der Waals surface area contributed by atoms with Gasteiger partial charge in [0.05, 0.1) is 6.61 Å². The van der Waals surface area contributed by atoms with Crippen LogP contribution in [0.3, 0.4) is 0 Å². The summed E-state index contributed by atoms with van der Waals surface area (Å²) >= 11 is 0. The molecule has 0 aromatic carbocycles. The standard InChI is InChI=1S/C14H27N3O5/c1-5-21-11(18)9-16-12(19)10(7-6-8-15)17-13(20)22-14(2,3)4/h10H,5-9,15H2,1-4H3,(H,16,19)(H,17,20). The number of hydrogen-bond donors (Lipinski definition) is 3. The van der Waals surface area contributed by atoms with Crippen molar-refractivity contribution in [3.8, 4) is 0 Å². The lowest BCUT2D eigenvalue weighted by molar-refractivity contribution is -0.143. The molecule has 0 bridgehead atoms. The number of nitrogens with two attached hydrogens (primary N) is 1. The van der Waals surface area contributed by atoms with Crippen LogP contribution in [0.25, 0.3) is 0 Å². The van der Waals surface area contributed by atoms with Gasteiger partial charge in [0.15, 0.2) is 0 Å². The van der Waals surface area contributed by atoms with Crippen molar-refractivity contribution in [1.82, 2.24) is 10.6 Å². The number of amides is 2. The molecule has 8 heteroatoms. The van der Waals surface area contributed by atoms with Gasteiger partial charge in [0.2, 0.25) is 5.91 Å². The minimum absolute atomic E-state index is 0.238. The molecule has 0 rings (SSSR count). The zero-order valence-electron chi connectivity index (χ0n) is 13.7. The fourth-order valence-corrected chi connectivity index (χ4v) is 1.54. The van der Waals surface area contributed by atoms with Crippen molar-refractivity contribution < 1.29 is 23.9 Å². The number of carbonyl (C=O) groups is 3. The van der Waals surface area contributed by atoms with Gasteiger partial charge in [-0.15, -0.1) is 0 Å². The number of rotatable bonds is 8. The van der Waals surface area contributed by atoms with Gasteiger partial charge in [-0.2, -0.15) is 0 Å². The Kier molecular flexibility index (Phi) is 9.16. The number of esters is 1. The van der Waals surface area contributed by atoms with E-state index in [4.69, 9.17) is 15.2 Å². The largest absolute Gasteiger partial charge is 0.465 e. The second-order valence-electron chi connectivity index (χ2n) is 5.65. The highest BCUT2D eigenvalue weighted by Crippen LogP contribution is 2.07. The second-order valence-corrected chi connectivity index (χ2v) is 5.65. The van der Waals surface area contributed by atoms with Crippen LogP contribution in [-0.4, -0.2) is 49.3 Å². The molecule has 1 unspecified atom stereocenters. The van der Waals surface area contributed by atoms with Crippen LogP contribution < -0.4 is 16.4 Å². The molecule has 0 saturated heterocycles. The summed E-state index contributed by atoms with van der Waals surface area (Å²) in [4.78, 5) is 35.0. The third-order valence-corrected chi connectivity index (χ3v) is 2.42. The molecular weight excluding hydrogens is 290 g/mol. The molecule has 22 heavy (non-hydrogen) atoms. The summed E-state index contributed by atoms with van der Waals surface area (Å²) in [6, 6.07) is -0.812. The first-order chi connectivity index (χ1) is 10.2. The van der Waals surface area contributed by atoms with Crippen molar-refractivity contribution in [2.75, 3.05) is 19.7 Å². The van der Waals surface area contributed by atoms with E-state index in [0.29, 0.717) is 19.4 Å². The lowest BCUT2D eigenvalue weighted by atomic mass is 10.1. The molecule has 0 aliphatic heterocycles. The van der Waals surface area contributed by atoms with Crippen LogP contribution in [0.4, 0.5) is 4.79 Å². The Balaban J connectivity index is 4.51. The zero-order chi connectivity index (χ0) is 17.2. The predicted molar refractivity (Wildman–Crippen MR) is 81.1 cm³/mol. The van der Waals surface area contributed by atoms with E-state index in [1.807, 2.05) is 0 Å². The normalized spacial score (nSPS) is 12.2. The maximum Gasteiger partial charge on any atom is 0.408 e. The highest BCUT2D eigenvalue weighted by atomic mass is 16.6. The summed E-state index contributed by atoms with van der Waals surface area (Å²) in [5, 5.41) is 4.90. The minimum atomic E-state index is -0.812. The molecular formula is C14H27N3O5. The van der Waals surface area contributed by atoms with Gasteiger partial charge in [-0.1, -0.05) is 0 Å². The van der Waals surface area contributed by atoms with E-state index >= 15 is 0 Å². The third kappa shape index (κ3) is 9.98. The highest BCUT2D eigenvalue weighted by Gasteiger charge is 2.24. The van der Waals surface area contributed by atoms with E-state index in [0.717, 1.165) is 0 Å². The molecule has 0 spiro atoms. The van der Waals surface area contributed by atoms with Gasteiger partial charge >= 0.3 is 12.1 Å². The first-order valence-corrected chi connectivity index (χ1v) is 7.32. The molecule has 0 aromatic rings. The summed E-state index contributed by atoms with van der Waals surface area (Å²) in [7, 11) is 0. The van der Waals surface area contributed by atoms with Crippen LogP contribution in [0.2, 0.25) is 0 Å². The van der Waals surface area contributed by atoms with E-state index in [2.05, 4.69) is 10.6 Å². The quantitative estimate of drug-likeness (QED) is 0.554. The minimum Gasteiger partial charge on any atom is -0.465 e. The Hall–Kier alpha value is -1.83. The highest BCUT2D eigenvalue weighted by molar-refractivity contribution is 5.88. The Morgan fingerprint density at radius 1 is 1.23 bits per heavy atom. The Morgan fingerprint density at radius 3 is 2.36 bits per heavy atom. The number of carbonyl (C=O) groups excluding carboxylic acids is 3. The summed E-state index contributed by atoms with van der Waals surface area (Å²) in [5.74, 6) is -1.02. The number of nitrogens with one attached hydrogen (secondary N) is 2. The predicted octanol–water partition coefficient (Wildman–Crippen LogP) is 0.298. The smallest absolute Gasteiger partial charge is 0.408 e. The van der Waals surface area contributed by atoms with Crippen molar-refractivity contribution in [2.24, 2.45) is 5.73 Å². The van der Waals surface area contributed by atoms with Crippen LogP contribution in [0.5, 0.6) is 0 Å². The van der Waals surface area contributed by atoms with E-state index in [1.54, 1.807) is 27.7 Å². The number of alkyl carbamates (subject to hydrolysis) is 1. The molecule has 0 saturated carbocycles. The van der Waals surface area contributed by atoms with E-state index < -0.39 is 29.6 Å². The van der Waals surface area contributed by atoms with Crippen molar-refractivity contribution in [2.45, 2.75) is 52.2 Å². The topological polar surface area (TPSA) is 120 Å². The molecule has 0 aliphatic carbocycles. The van der Waals surface area contributed by atoms with Gasteiger partial charge in [0.25, 0.3) is 0 Å². The summed E-state index contributed by atoms with van der Waals surface area (Å²) < 4.78 is 9.82. The summed E-state index contributed by atoms with van der Waals surface area (Å²) in [6.07, 6.45) is 0.207. The second kappa shape index (κ2) is 9.99. The molecule has 1 atom stereocenters. The first-order valence-electron chi connectivity index (χ1n) is 7.32. The maximum atomic E-state index is 12.0. The maximum absolute atomic E-state index is 12.0. The average molecular weight is 317 g/mol. The van der Waals surface area contributed by atoms with Gasteiger partial charge in [0, 0.05) is 0 Å². The fourth-order valence-electron chi connectivity index (χ4n) is 1.54. The van der Waals surface area contributed by atoms with Gasteiger partial charge in [0.1, 0.15) is 18.2 Å². The molecule has 128 valence electrons. The Labute approximate surface area is 131 Å². The van der Waals surface area contributed by atoms with Crippen LogP contribution in [0.15, 0.2) is 0 Å². The van der Waals surface area contributed by atoms with Crippen LogP contribution >= 0.6 is 0 Å². The molecule has 0 heterocycles. The van der Waals surface area contributed by atoms with Crippen molar-refractivity contribution in [3.63, 3.8) is 0 Å². The summed E-state index contributed by atoms with van der Waals surface area (Å²) in [5.41, 5.74) is 4.76. The van der Waals surface area contributed by atoms with Gasteiger partial charge in [-0.25, -0.2) is 4.79 Å². The van der Waals surface area contributed by atoms with Gasteiger partial charge in [-0.05, 0) is 47.1 Å². The first kappa shape index (κ1) is 20.2. The number of ether oxygens (including phenoxy) is 2. The Bertz CT molecular complexity index is 379. The van der Waals surface area contributed by atoms with Crippen molar-refractivity contribution in [1.29, 1.82) is 0 Å². The van der Waals surface area contributed by atoms with Crippen LogP contribution in [0.1, 0.15) is 40.5 Å².